The van der Waals surface area contributed by atoms with Gasteiger partial charge in [-0.15, -0.1) is 0 Å². The van der Waals surface area contributed by atoms with E-state index in [0.29, 0.717) is 11.1 Å². The van der Waals surface area contributed by atoms with Gasteiger partial charge in [-0.3, -0.25) is 9.59 Å². The van der Waals surface area contributed by atoms with Crippen LogP contribution in [0, 0.1) is 6.92 Å². The Balaban J connectivity index is 0.000000526. The minimum atomic E-state index is -1.04. The van der Waals surface area contributed by atoms with E-state index in [1.165, 1.54) is 38.1 Å². The number of aliphatic hydroxyl groups excluding tert-OH is 2. The van der Waals surface area contributed by atoms with Crippen LogP contribution in [0.25, 0.3) is 12.2 Å². The predicted molar refractivity (Wildman–Crippen MR) is 127 cm³/mol. The van der Waals surface area contributed by atoms with Crippen LogP contribution in [0.15, 0.2) is 48.6 Å². The van der Waals surface area contributed by atoms with Gasteiger partial charge in [-0.2, -0.15) is 0 Å². The largest absolute Gasteiger partial charge is 0.508 e. The summed E-state index contributed by atoms with van der Waals surface area (Å²) >= 11 is 0. The lowest BCUT2D eigenvalue weighted by molar-refractivity contribution is -0.156. The summed E-state index contributed by atoms with van der Waals surface area (Å²) in [7, 11) is 0. The molecule has 10 heteroatoms. The third kappa shape index (κ3) is 14.5. The van der Waals surface area contributed by atoms with Crippen molar-refractivity contribution in [1.29, 1.82) is 0 Å². The Labute approximate surface area is 202 Å². The van der Waals surface area contributed by atoms with Gasteiger partial charge in [-0.05, 0) is 59.5 Å². The number of aromatic hydroxyl groups is 1. The van der Waals surface area contributed by atoms with Gasteiger partial charge in [0.2, 0.25) is 0 Å². The molecule has 0 saturated carbocycles. The van der Waals surface area contributed by atoms with Crippen molar-refractivity contribution < 1.29 is 49.4 Å². The number of ether oxygens (including phenoxy) is 1. The fraction of sp³-hybridized carbons (Fsp3) is 0.200. The van der Waals surface area contributed by atoms with Crippen LogP contribution in [0.4, 0.5) is 0 Å². The van der Waals surface area contributed by atoms with Crippen molar-refractivity contribution in [3.05, 3.63) is 76.4 Å². The fourth-order valence-corrected chi connectivity index (χ4v) is 2.34. The van der Waals surface area contributed by atoms with Gasteiger partial charge in [0.1, 0.15) is 5.75 Å². The molecule has 188 valence electrons. The summed E-state index contributed by atoms with van der Waals surface area (Å²) in [6, 6.07) is 9.94. The SMILES string of the molecule is CC(=O)OC(C)=O.Cc1ccc(/C=C/C(=O)O)cc1CO.O=C(O)/C=C/c1ccc(O)c(CO)c1. The number of rotatable bonds is 6. The van der Waals surface area contributed by atoms with Crippen LogP contribution < -0.4 is 0 Å². The van der Waals surface area contributed by atoms with Crippen LogP contribution in [-0.4, -0.2) is 49.4 Å². The number of benzene rings is 2. The summed E-state index contributed by atoms with van der Waals surface area (Å²) < 4.78 is 3.97. The van der Waals surface area contributed by atoms with Gasteiger partial charge in [0.25, 0.3) is 0 Å². The first kappa shape index (κ1) is 30.7. The van der Waals surface area contributed by atoms with E-state index in [2.05, 4.69) is 4.74 Å². The van der Waals surface area contributed by atoms with Crippen molar-refractivity contribution in [3.8, 4) is 5.75 Å². The monoisotopic (exact) mass is 488 g/mol. The number of hydrogen-bond acceptors (Lipinski definition) is 8. The van der Waals surface area contributed by atoms with Crippen LogP contribution in [0.5, 0.6) is 5.75 Å². The number of carboxylic acids is 2. The second-order valence-electron chi connectivity index (χ2n) is 6.82. The molecule has 0 radical (unpaired) electrons. The van der Waals surface area contributed by atoms with E-state index in [4.69, 9.17) is 20.4 Å². The van der Waals surface area contributed by atoms with Gasteiger partial charge in [-0.1, -0.05) is 18.2 Å². The predicted octanol–water partition coefficient (Wildman–Crippen LogP) is 2.66. The minimum absolute atomic E-state index is 0.0000231. The molecule has 0 spiro atoms. The van der Waals surface area contributed by atoms with E-state index in [1.54, 1.807) is 12.1 Å². The third-order valence-corrected chi connectivity index (χ3v) is 3.94. The second kappa shape index (κ2) is 16.4. The molecular weight excluding hydrogens is 460 g/mol. The molecule has 0 aliphatic heterocycles. The zero-order chi connectivity index (χ0) is 27.0. The Hall–Kier alpha value is -4.28. The Kier molecular flexibility index (Phi) is 14.4. The molecule has 10 nitrogen and oxygen atoms in total. The first-order valence-electron chi connectivity index (χ1n) is 10.0. The highest BCUT2D eigenvalue weighted by Crippen LogP contribution is 2.19. The van der Waals surface area contributed by atoms with E-state index in [9.17, 15) is 24.3 Å². The molecule has 2 aromatic carbocycles. The number of aliphatic carboxylic acids is 2. The molecule has 0 aliphatic carbocycles. The molecule has 0 amide bonds. The summed E-state index contributed by atoms with van der Waals surface area (Å²) in [5.74, 6) is -3.14. The van der Waals surface area contributed by atoms with Gasteiger partial charge >= 0.3 is 23.9 Å². The van der Waals surface area contributed by atoms with Crippen molar-refractivity contribution in [3.63, 3.8) is 0 Å². The molecule has 2 aromatic rings. The summed E-state index contributed by atoms with van der Waals surface area (Å²) in [4.78, 5) is 40.1. The van der Waals surface area contributed by atoms with E-state index < -0.39 is 23.9 Å². The molecule has 0 saturated heterocycles. The molecule has 0 heterocycles. The normalized spacial score (nSPS) is 10.1. The van der Waals surface area contributed by atoms with E-state index >= 15 is 0 Å². The second-order valence-corrected chi connectivity index (χ2v) is 6.82. The van der Waals surface area contributed by atoms with E-state index in [0.717, 1.165) is 28.8 Å². The first-order chi connectivity index (χ1) is 16.4. The topological polar surface area (TPSA) is 179 Å². The Morgan fingerprint density at radius 1 is 0.771 bits per heavy atom. The van der Waals surface area contributed by atoms with Crippen molar-refractivity contribution >= 4 is 36.0 Å². The van der Waals surface area contributed by atoms with Crippen molar-refractivity contribution in [2.24, 2.45) is 0 Å². The maximum absolute atomic E-state index is 10.3. The molecular formula is C25H28O10. The van der Waals surface area contributed by atoms with Crippen LogP contribution in [0.3, 0.4) is 0 Å². The van der Waals surface area contributed by atoms with Crippen molar-refractivity contribution in [2.45, 2.75) is 34.0 Å². The average Bonchev–Trinajstić information content (AvgIpc) is 2.77. The van der Waals surface area contributed by atoms with Crippen LogP contribution in [-0.2, 0) is 37.1 Å². The van der Waals surface area contributed by atoms with Crippen LogP contribution in [0.2, 0.25) is 0 Å². The van der Waals surface area contributed by atoms with Crippen molar-refractivity contribution in [2.75, 3.05) is 0 Å². The van der Waals surface area contributed by atoms with Gasteiger partial charge in [0.15, 0.2) is 0 Å². The Morgan fingerprint density at radius 3 is 1.57 bits per heavy atom. The number of carbonyl (C=O) groups is 4. The lowest BCUT2D eigenvalue weighted by Crippen LogP contribution is -2.03. The molecule has 0 atom stereocenters. The van der Waals surface area contributed by atoms with E-state index in [-0.39, 0.29) is 19.0 Å². The Bertz CT molecular complexity index is 998. The quantitative estimate of drug-likeness (QED) is 0.230. The number of hydrogen-bond donors (Lipinski definition) is 5. The lowest BCUT2D eigenvalue weighted by Gasteiger charge is -2.02. The minimum Gasteiger partial charge on any atom is -0.508 e. The number of carboxylic acid groups (broad SMARTS) is 2. The number of phenols is 1. The standard InChI is InChI=1S/C11H12O3.C10H10O4.C4H6O3/c1-8-2-3-9(4-5-11(13)14)6-10(8)7-12;11-6-8-5-7(1-3-9(8)12)2-4-10(13)14;1-3(5)7-4(2)6/h2-6,12H,7H2,1H3,(H,13,14);1-5,11-12H,6H2,(H,13,14);1-2H3/b5-4+;4-2+;. The molecule has 0 fully saturated rings. The van der Waals surface area contributed by atoms with E-state index in [1.807, 2.05) is 19.1 Å². The summed E-state index contributed by atoms with van der Waals surface area (Å²) in [5.41, 5.74) is 3.59. The molecule has 2 rings (SSSR count). The molecule has 0 bridgehead atoms. The summed E-state index contributed by atoms with van der Waals surface area (Å²) in [5, 5.41) is 43.8. The maximum Gasteiger partial charge on any atom is 0.328 e. The van der Waals surface area contributed by atoms with Gasteiger partial charge < -0.3 is 30.3 Å². The van der Waals surface area contributed by atoms with Crippen molar-refractivity contribution in [1.82, 2.24) is 0 Å². The highest BCUT2D eigenvalue weighted by atomic mass is 16.6. The van der Waals surface area contributed by atoms with Crippen LogP contribution >= 0.6 is 0 Å². The fourth-order valence-electron chi connectivity index (χ4n) is 2.34. The highest BCUT2D eigenvalue weighted by Gasteiger charge is 2.00. The number of aryl methyl sites for hydroxylation is 1. The summed E-state index contributed by atoms with van der Waals surface area (Å²) in [6.07, 6.45) is 4.96. The molecule has 0 unspecified atom stereocenters. The number of esters is 2. The lowest BCUT2D eigenvalue weighted by atomic mass is 10.1. The number of carbonyl (C=O) groups excluding carboxylic acids is 2. The smallest absolute Gasteiger partial charge is 0.328 e. The van der Waals surface area contributed by atoms with Gasteiger partial charge in [-0.25, -0.2) is 9.59 Å². The Morgan fingerprint density at radius 2 is 1.20 bits per heavy atom. The third-order valence-electron chi connectivity index (χ3n) is 3.94. The maximum atomic E-state index is 10.3. The molecule has 5 N–H and O–H groups in total. The molecule has 0 aliphatic rings. The van der Waals surface area contributed by atoms with Gasteiger partial charge in [0, 0.05) is 31.6 Å². The van der Waals surface area contributed by atoms with Crippen LogP contribution in [0.1, 0.15) is 41.7 Å². The zero-order valence-corrected chi connectivity index (χ0v) is 19.5. The number of aliphatic hydroxyl groups is 2. The highest BCUT2D eigenvalue weighted by molar-refractivity contribution is 5.86. The molecule has 0 aromatic heterocycles. The molecule has 35 heavy (non-hydrogen) atoms. The summed E-state index contributed by atoms with van der Waals surface area (Å²) in [6.45, 7) is 3.96. The zero-order valence-electron chi connectivity index (χ0n) is 19.5. The first-order valence-corrected chi connectivity index (χ1v) is 10.0. The van der Waals surface area contributed by atoms with Gasteiger partial charge in [0.05, 0.1) is 13.2 Å². The average molecular weight is 488 g/mol.